The first-order valence-corrected chi connectivity index (χ1v) is 10.2. The number of hydrogen-bond donors (Lipinski definition) is 3. The molecule has 1 saturated heterocycles. The lowest BCUT2D eigenvalue weighted by atomic mass is 9.99. The monoisotopic (exact) mass is 389 g/mol. The molecule has 0 bridgehead atoms. The molecule has 5 nitrogen and oxygen atoms in total. The number of hydrogen-bond acceptors (Lipinski definition) is 4. The van der Waals surface area contributed by atoms with Gasteiger partial charge in [0.25, 0.3) is 5.91 Å². The molecule has 0 spiro atoms. The predicted octanol–water partition coefficient (Wildman–Crippen LogP) is 3.08. The second kappa shape index (κ2) is 7.45. The Labute approximate surface area is 149 Å². The zero-order valence-electron chi connectivity index (χ0n) is 12.8. The van der Waals surface area contributed by atoms with E-state index in [2.05, 4.69) is 19.2 Å². The number of amides is 1. The predicted molar refractivity (Wildman–Crippen MR) is 97.1 cm³/mol. The van der Waals surface area contributed by atoms with Crippen LogP contribution in [0.5, 0.6) is 0 Å². The van der Waals surface area contributed by atoms with Gasteiger partial charge in [0.15, 0.2) is 0 Å². The molecule has 1 aliphatic rings. The van der Waals surface area contributed by atoms with Crippen molar-refractivity contribution in [3.8, 4) is 0 Å². The minimum Gasteiger partial charge on any atom is -0.324 e. The van der Waals surface area contributed by atoms with Gasteiger partial charge in [-0.15, -0.1) is 12.6 Å². The minimum absolute atomic E-state index is 0.111. The van der Waals surface area contributed by atoms with E-state index >= 15 is 0 Å². The number of carbonyl (C=O) groups excluding carboxylic acids is 1. The van der Waals surface area contributed by atoms with Crippen LogP contribution in [-0.2, 0) is 9.36 Å². The van der Waals surface area contributed by atoms with Gasteiger partial charge in [-0.3, -0.25) is 9.36 Å². The number of rotatable bonds is 5. The van der Waals surface area contributed by atoms with Gasteiger partial charge in [-0.1, -0.05) is 30.5 Å². The largest absolute Gasteiger partial charge is 0.327 e. The number of allylic oxidation sites excluding steroid dienone is 2. The molecule has 0 saturated carbocycles. The molecule has 1 amide bonds. The SMILES string of the molecule is C=C(C)/C(=C1/SC(S)N(CCP(=O)(O)O)C1=O)c1cccc(F)c1. The van der Waals surface area contributed by atoms with Gasteiger partial charge in [0.2, 0.25) is 0 Å². The number of benzene rings is 1. The fourth-order valence-electron chi connectivity index (χ4n) is 2.28. The van der Waals surface area contributed by atoms with Crippen LogP contribution >= 0.6 is 32.0 Å². The lowest BCUT2D eigenvalue weighted by molar-refractivity contribution is -0.124. The van der Waals surface area contributed by atoms with Gasteiger partial charge < -0.3 is 14.7 Å². The first-order chi connectivity index (χ1) is 11.1. The maximum Gasteiger partial charge on any atom is 0.327 e. The molecule has 2 rings (SSSR count). The molecule has 0 aromatic heterocycles. The molecule has 1 aliphatic heterocycles. The smallest absolute Gasteiger partial charge is 0.324 e. The molecule has 24 heavy (non-hydrogen) atoms. The number of nitrogens with zero attached hydrogens (tertiary/aromatic N) is 1. The summed E-state index contributed by atoms with van der Waals surface area (Å²) in [4.78, 5) is 32.3. The van der Waals surface area contributed by atoms with Crippen LogP contribution in [-0.4, -0.2) is 38.0 Å². The van der Waals surface area contributed by atoms with Crippen LogP contribution in [0.2, 0.25) is 0 Å². The van der Waals surface area contributed by atoms with E-state index in [1.165, 1.54) is 17.0 Å². The maximum absolute atomic E-state index is 13.5. The van der Waals surface area contributed by atoms with E-state index in [1.807, 2.05) is 0 Å². The molecule has 1 atom stereocenters. The summed E-state index contributed by atoms with van der Waals surface area (Å²) in [6, 6.07) is 5.85. The number of thioether (sulfide) groups is 1. The van der Waals surface area contributed by atoms with Crippen LogP contribution in [0.1, 0.15) is 12.5 Å². The van der Waals surface area contributed by atoms with Crippen molar-refractivity contribution in [1.82, 2.24) is 4.90 Å². The average Bonchev–Trinajstić information content (AvgIpc) is 2.71. The van der Waals surface area contributed by atoms with Gasteiger partial charge in [-0.2, -0.15) is 0 Å². The van der Waals surface area contributed by atoms with E-state index in [0.29, 0.717) is 21.6 Å². The zero-order valence-corrected chi connectivity index (χ0v) is 15.5. The zero-order chi connectivity index (χ0) is 18.1. The summed E-state index contributed by atoms with van der Waals surface area (Å²) >= 11 is 5.46. The number of carbonyl (C=O) groups is 1. The second-order valence-electron chi connectivity index (χ2n) is 5.33. The number of halogens is 1. The van der Waals surface area contributed by atoms with E-state index < -0.39 is 30.2 Å². The Morgan fingerprint density at radius 1 is 1.50 bits per heavy atom. The van der Waals surface area contributed by atoms with Crippen molar-refractivity contribution in [2.75, 3.05) is 12.7 Å². The van der Waals surface area contributed by atoms with Crippen molar-refractivity contribution in [2.45, 2.75) is 11.6 Å². The van der Waals surface area contributed by atoms with Crippen molar-refractivity contribution < 1.29 is 23.5 Å². The molecule has 9 heteroatoms. The lowest BCUT2D eigenvalue weighted by Gasteiger charge is -2.19. The third-order valence-electron chi connectivity index (χ3n) is 3.34. The van der Waals surface area contributed by atoms with Crippen LogP contribution in [0.25, 0.3) is 5.57 Å². The molecule has 1 aromatic carbocycles. The van der Waals surface area contributed by atoms with Crippen molar-refractivity contribution in [2.24, 2.45) is 0 Å². The van der Waals surface area contributed by atoms with Gasteiger partial charge >= 0.3 is 7.60 Å². The van der Waals surface area contributed by atoms with Crippen LogP contribution in [0.15, 0.2) is 41.3 Å². The molecular formula is C15H17FNO4PS2. The van der Waals surface area contributed by atoms with Crippen molar-refractivity contribution in [1.29, 1.82) is 0 Å². The molecule has 0 aliphatic carbocycles. The highest BCUT2D eigenvalue weighted by Gasteiger charge is 2.37. The highest BCUT2D eigenvalue weighted by molar-refractivity contribution is 8.14. The summed E-state index contributed by atoms with van der Waals surface area (Å²) in [6.07, 6.45) is -0.438. The first kappa shape index (κ1) is 19.3. The van der Waals surface area contributed by atoms with Gasteiger partial charge in [-0.05, 0) is 30.2 Å². The van der Waals surface area contributed by atoms with E-state index in [-0.39, 0.29) is 6.54 Å². The summed E-state index contributed by atoms with van der Waals surface area (Å²) in [7, 11) is -4.22. The van der Waals surface area contributed by atoms with Crippen molar-refractivity contribution >= 4 is 43.5 Å². The van der Waals surface area contributed by atoms with Gasteiger partial charge in [-0.25, -0.2) is 4.39 Å². The fourth-order valence-corrected chi connectivity index (χ4v) is 4.46. The van der Waals surface area contributed by atoms with Crippen LogP contribution in [0, 0.1) is 5.82 Å². The van der Waals surface area contributed by atoms with Gasteiger partial charge in [0, 0.05) is 12.1 Å². The van der Waals surface area contributed by atoms with Crippen LogP contribution in [0.3, 0.4) is 0 Å². The summed E-state index contributed by atoms with van der Waals surface area (Å²) < 4.78 is 24.0. The molecule has 130 valence electrons. The Morgan fingerprint density at radius 2 is 2.17 bits per heavy atom. The van der Waals surface area contributed by atoms with Crippen molar-refractivity contribution in [3.05, 3.63) is 52.7 Å². The molecular weight excluding hydrogens is 372 g/mol. The Kier molecular flexibility index (Phi) is 5.99. The van der Waals surface area contributed by atoms with E-state index in [1.54, 1.807) is 19.1 Å². The Balaban J connectivity index is 2.40. The summed E-state index contributed by atoms with van der Waals surface area (Å²) in [5.74, 6) is -0.821. The van der Waals surface area contributed by atoms with Crippen molar-refractivity contribution in [3.63, 3.8) is 0 Å². The fraction of sp³-hybridized carbons (Fsp3) is 0.267. The van der Waals surface area contributed by atoms with Gasteiger partial charge in [0.05, 0.1) is 11.1 Å². The highest BCUT2D eigenvalue weighted by atomic mass is 32.2. The van der Waals surface area contributed by atoms with E-state index in [4.69, 9.17) is 9.79 Å². The van der Waals surface area contributed by atoms with Crippen LogP contribution in [0.4, 0.5) is 4.39 Å². The van der Waals surface area contributed by atoms with E-state index in [9.17, 15) is 13.8 Å². The summed E-state index contributed by atoms with van der Waals surface area (Å²) in [5.41, 5.74) is 1.63. The molecule has 2 N–H and O–H groups in total. The third kappa shape index (κ3) is 4.52. The minimum atomic E-state index is -4.22. The third-order valence-corrected chi connectivity index (χ3v) is 5.80. The van der Waals surface area contributed by atoms with Crippen LogP contribution < -0.4 is 0 Å². The average molecular weight is 389 g/mol. The highest BCUT2D eigenvalue weighted by Crippen LogP contribution is 2.44. The molecule has 1 aromatic rings. The molecule has 1 unspecified atom stereocenters. The molecule has 1 fully saturated rings. The lowest BCUT2D eigenvalue weighted by Crippen LogP contribution is -2.32. The maximum atomic E-state index is 13.5. The Morgan fingerprint density at radius 3 is 2.71 bits per heavy atom. The topological polar surface area (TPSA) is 77.8 Å². The summed E-state index contributed by atoms with van der Waals surface area (Å²) in [6.45, 7) is 5.47. The molecule has 0 radical (unpaired) electrons. The standard InChI is InChI=1S/C15H17FNO4PS2/c1-9(2)12(10-4-3-5-11(16)8-10)13-14(18)17(15(23)24-13)6-7-22(19,20)21/h3-5,8,15,23H,1,6-7H2,2H3,(H2,19,20,21)/b13-12-. The first-order valence-electron chi connectivity index (χ1n) is 6.96. The Hall–Kier alpha value is -1.05. The van der Waals surface area contributed by atoms with Gasteiger partial charge in [0.1, 0.15) is 10.5 Å². The second-order valence-corrected chi connectivity index (χ2v) is 9.03. The number of thiol groups is 1. The molecule has 1 heterocycles. The quantitative estimate of drug-likeness (QED) is 0.410. The van der Waals surface area contributed by atoms with E-state index in [0.717, 1.165) is 11.8 Å². The Bertz CT molecular complexity index is 762. The normalized spacial score (nSPS) is 20.5. The summed E-state index contributed by atoms with van der Waals surface area (Å²) in [5, 5.41) is 0.